The van der Waals surface area contributed by atoms with Gasteiger partial charge in [-0.2, -0.15) is 0 Å². The predicted molar refractivity (Wildman–Crippen MR) is 109 cm³/mol. The molecule has 0 atom stereocenters. The Hall–Kier alpha value is -2.56. The highest BCUT2D eigenvalue weighted by Gasteiger charge is 2.15. The topological polar surface area (TPSA) is 101 Å². The van der Waals surface area contributed by atoms with Crippen LogP contribution < -0.4 is 10.1 Å². The number of methoxy groups -OCH3 is 1. The van der Waals surface area contributed by atoms with E-state index < -0.39 is 18.3 Å². The van der Waals surface area contributed by atoms with Gasteiger partial charge in [-0.1, -0.05) is 11.8 Å². The van der Waals surface area contributed by atoms with E-state index in [1.54, 1.807) is 19.1 Å². The van der Waals surface area contributed by atoms with E-state index in [0.29, 0.717) is 26.6 Å². The van der Waals surface area contributed by atoms with Gasteiger partial charge in [-0.25, -0.2) is 14.4 Å². The molecule has 0 aliphatic carbocycles. The number of halogens is 1. The van der Waals surface area contributed by atoms with Crippen molar-refractivity contribution in [1.82, 2.24) is 15.3 Å². The molecule has 1 aromatic carbocycles. The van der Waals surface area contributed by atoms with Gasteiger partial charge in [0.05, 0.1) is 29.8 Å². The Morgan fingerprint density at radius 3 is 2.83 bits per heavy atom. The van der Waals surface area contributed by atoms with Crippen molar-refractivity contribution in [2.45, 2.75) is 18.5 Å². The molecule has 7 nitrogen and oxygen atoms in total. The van der Waals surface area contributed by atoms with E-state index in [1.165, 1.54) is 42.3 Å². The number of hydrogen-bond donors (Lipinski definition) is 2. The summed E-state index contributed by atoms with van der Waals surface area (Å²) in [4.78, 5) is 33.7. The first-order valence-corrected chi connectivity index (χ1v) is 10.4. The largest absolute Gasteiger partial charge is 0.494 e. The molecule has 29 heavy (non-hydrogen) atoms. The molecule has 1 amide bonds. The number of carbonyl (C=O) groups excluding carboxylic acids is 2. The number of Topliss-reactive ketones (excluding diaryl/α,β-unsaturated/α-hetero) is 1. The van der Waals surface area contributed by atoms with Gasteiger partial charge in [-0.05, 0) is 25.1 Å². The maximum atomic E-state index is 14.0. The van der Waals surface area contributed by atoms with Gasteiger partial charge in [0.25, 0.3) is 0 Å². The second-order valence-electron chi connectivity index (χ2n) is 5.99. The lowest BCUT2D eigenvalue weighted by Crippen LogP contribution is -2.25. The maximum absolute atomic E-state index is 14.0. The summed E-state index contributed by atoms with van der Waals surface area (Å²) in [6, 6.07) is 6.29. The highest BCUT2D eigenvalue weighted by atomic mass is 32.2. The molecule has 2 heterocycles. The van der Waals surface area contributed by atoms with E-state index in [0.717, 1.165) is 4.88 Å². The second kappa shape index (κ2) is 9.29. The fraction of sp³-hybridized carbons (Fsp3) is 0.263. The molecule has 10 heteroatoms. The fourth-order valence-electron chi connectivity index (χ4n) is 2.55. The van der Waals surface area contributed by atoms with E-state index in [2.05, 4.69) is 15.3 Å². The molecular formula is C19H18FN3O4S2. The van der Waals surface area contributed by atoms with Crippen LogP contribution in [0.5, 0.6) is 5.75 Å². The van der Waals surface area contributed by atoms with Crippen LogP contribution >= 0.6 is 23.1 Å². The number of thiophene rings is 1. The Morgan fingerprint density at radius 1 is 1.31 bits per heavy atom. The van der Waals surface area contributed by atoms with Crippen LogP contribution in [0, 0.1) is 12.7 Å². The Balaban J connectivity index is 1.74. The molecule has 2 N–H and O–H groups in total. The summed E-state index contributed by atoms with van der Waals surface area (Å²) in [5, 5.41) is 12.5. The molecule has 152 valence electrons. The van der Waals surface area contributed by atoms with Gasteiger partial charge in [-0.15, -0.1) is 11.3 Å². The van der Waals surface area contributed by atoms with E-state index in [1.807, 2.05) is 0 Å². The lowest BCUT2D eigenvalue weighted by molar-refractivity contribution is -0.123. The average molecular weight is 436 g/mol. The summed E-state index contributed by atoms with van der Waals surface area (Å²) in [7, 11) is 1.38. The number of benzene rings is 1. The summed E-state index contributed by atoms with van der Waals surface area (Å²) < 4.78 is 19.0. The fourth-order valence-corrected chi connectivity index (χ4v) is 4.46. The molecule has 3 aromatic rings. The van der Waals surface area contributed by atoms with Crippen LogP contribution in [-0.2, 0) is 11.3 Å². The monoisotopic (exact) mass is 435 g/mol. The number of ether oxygens (including phenoxy) is 1. The van der Waals surface area contributed by atoms with Crippen molar-refractivity contribution in [3.8, 4) is 5.75 Å². The van der Waals surface area contributed by atoms with Crippen molar-refractivity contribution in [3.05, 3.63) is 45.7 Å². The number of nitrogens with one attached hydrogen (secondary N) is 1. The first kappa shape index (κ1) is 21.2. The van der Waals surface area contributed by atoms with Gasteiger partial charge in [-0.3, -0.25) is 9.59 Å². The number of carbonyl (C=O) groups is 2. The molecule has 0 saturated heterocycles. The quantitative estimate of drug-likeness (QED) is 0.319. The van der Waals surface area contributed by atoms with Gasteiger partial charge in [0.1, 0.15) is 17.5 Å². The lowest BCUT2D eigenvalue weighted by Gasteiger charge is -2.09. The number of ketones is 1. The molecule has 0 spiro atoms. The summed E-state index contributed by atoms with van der Waals surface area (Å²) in [6.07, 6.45) is 0. The van der Waals surface area contributed by atoms with Crippen LogP contribution in [-0.4, -0.2) is 46.2 Å². The van der Waals surface area contributed by atoms with Crippen molar-refractivity contribution in [3.63, 3.8) is 0 Å². The van der Waals surface area contributed by atoms with E-state index in [9.17, 15) is 14.0 Å². The van der Waals surface area contributed by atoms with Crippen molar-refractivity contribution < 1.29 is 23.8 Å². The molecule has 0 saturated carbocycles. The number of nitrogens with zero attached hydrogens (tertiary/aromatic N) is 2. The zero-order valence-corrected chi connectivity index (χ0v) is 17.3. The van der Waals surface area contributed by atoms with Crippen molar-refractivity contribution in [2.24, 2.45) is 0 Å². The molecule has 0 fully saturated rings. The second-order valence-corrected chi connectivity index (χ2v) is 8.12. The number of amides is 1. The van der Waals surface area contributed by atoms with Crippen LogP contribution in [0.1, 0.15) is 20.4 Å². The predicted octanol–water partition coefficient (Wildman–Crippen LogP) is 2.73. The standard InChI is InChI=1S/C19H18FN3O4S2/c1-10-22-14-6-13(20)16(27-2)5-12(14)19(23-10)28-9-15(25)17-4-3-11(29-17)7-21-18(26)8-24/h3-6,24H,7-9H2,1-2H3,(H,21,26). The summed E-state index contributed by atoms with van der Waals surface area (Å²) in [5.74, 6) is -0.350. The Morgan fingerprint density at radius 2 is 2.10 bits per heavy atom. The highest BCUT2D eigenvalue weighted by molar-refractivity contribution is 8.00. The number of aliphatic hydroxyl groups excluding tert-OH is 1. The number of aryl methyl sites for hydroxylation is 1. The third-order valence-corrected chi connectivity index (χ3v) is 6.04. The van der Waals surface area contributed by atoms with Crippen LogP contribution in [0.25, 0.3) is 10.9 Å². The van der Waals surface area contributed by atoms with Gasteiger partial charge in [0.15, 0.2) is 17.3 Å². The normalized spacial score (nSPS) is 10.9. The maximum Gasteiger partial charge on any atom is 0.246 e. The van der Waals surface area contributed by atoms with Crippen molar-refractivity contribution in [2.75, 3.05) is 19.5 Å². The van der Waals surface area contributed by atoms with E-state index in [4.69, 9.17) is 9.84 Å². The van der Waals surface area contributed by atoms with Gasteiger partial charge in [0.2, 0.25) is 5.91 Å². The molecule has 3 rings (SSSR count). The van der Waals surface area contributed by atoms with Gasteiger partial charge in [0, 0.05) is 16.3 Å². The average Bonchev–Trinajstić information content (AvgIpc) is 3.18. The molecule has 0 bridgehead atoms. The molecule has 2 aromatic heterocycles. The Labute approximate surface area is 174 Å². The molecule has 0 unspecified atom stereocenters. The zero-order chi connectivity index (χ0) is 21.0. The van der Waals surface area contributed by atoms with Gasteiger partial charge < -0.3 is 15.2 Å². The minimum Gasteiger partial charge on any atom is -0.494 e. The zero-order valence-electron chi connectivity index (χ0n) is 15.7. The first-order chi connectivity index (χ1) is 13.9. The van der Waals surface area contributed by atoms with Crippen molar-refractivity contribution in [1.29, 1.82) is 0 Å². The number of aromatic nitrogens is 2. The minimum absolute atomic E-state index is 0.0850. The number of hydrogen-bond acceptors (Lipinski definition) is 8. The summed E-state index contributed by atoms with van der Waals surface area (Å²) in [5.41, 5.74) is 0.448. The Kier molecular flexibility index (Phi) is 6.78. The van der Waals surface area contributed by atoms with E-state index in [-0.39, 0.29) is 23.8 Å². The first-order valence-electron chi connectivity index (χ1n) is 8.55. The molecule has 0 aliphatic rings. The molecular weight excluding hydrogens is 417 g/mol. The molecule has 0 radical (unpaired) electrons. The van der Waals surface area contributed by atoms with E-state index >= 15 is 0 Å². The summed E-state index contributed by atoms with van der Waals surface area (Å²) >= 11 is 2.53. The number of thioether (sulfide) groups is 1. The third kappa shape index (κ3) is 5.08. The molecule has 0 aliphatic heterocycles. The lowest BCUT2D eigenvalue weighted by atomic mass is 10.2. The summed E-state index contributed by atoms with van der Waals surface area (Å²) in [6.45, 7) is 1.39. The van der Waals surface area contributed by atoms with Crippen LogP contribution in [0.15, 0.2) is 29.3 Å². The smallest absolute Gasteiger partial charge is 0.246 e. The SMILES string of the molecule is COc1cc2c(SCC(=O)c3ccc(CNC(=O)CO)s3)nc(C)nc2cc1F. The highest BCUT2D eigenvalue weighted by Crippen LogP contribution is 2.31. The van der Waals surface area contributed by atoms with Crippen molar-refractivity contribution >= 4 is 45.7 Å². The Bertz CT molecular complexity index is 1070. The third-order valence-electron chi connectivity index (χ3n) is 3.93. The van der Waals surface area contributed by atoms with Crippen LogP contribution in [0.3, 0.4) is 0 Å². The number of rotatable bonds is 8. The number of fused-ring (bicyclic) bond motifs is 1. The van der Waals surface area contributed by atoms with Crippen LogP contribution in [0.4, 0.5) is 4.39 Å². The van der Waals surface area contributed by atoms with Crippen LogP contribution in [0.2, 0.25) is 0 Å². The van der Waals surface area contributed by atoms with Gasteiger partial charge >= 0.3 is 0 Å². The minimum atomic E-state index is -0.575. The number of aliphatic hydroxyl groups is 1.